The molecule has 0 saturated heterocycles. The molecule has 3 nitrogen and oxygen atoms in total. The fourth-order valence-electron chi connectivity index (χ4n) is 0.404. The van der Waals surface area contributed by atoms with E-state index in [4.69, 9.17) is 5.73 Å². The minimum Gasteiger partial charge on any atom is -0.377 e. The second-order valence-corrected chi connectivity index (χ2v) is 2.70. The van der Waals surface area contributed by atoms with Crippen LogP contribution < -0.4 is 11.2 Å². The first-order valence-corrected chi connectivity index (χ1v) is 3.04. The van der Waals surface area contributed by atoms with Gasteiger partial charge in [0, 0.05) is 11.1 Å². The van der Waals surface area contributed by atoms with Crippen molar-refractivity contribution in [1.82, 2.24) is 5.43 Å². The van der Waals surface area contributed by atoms with E-state index < -0.39 is 0 Å². The van der Waals surface area contributed by atoms with Crippen LogP contribution in [0.15, 0.2) is 16.2 Å². The Kier molecular flexibility index (Phi) is 1.43. The number of hydrogen-bond donors (Lipinski definition) is 2. The molecule has 0 bridgehead atoms. The largest absolute Gasteiger partial charge is 0.377 e. The molecule has 1 aliphatic rings. The molecule has 0 radical (unpaired) electrons. The maximum Gasteiger partial charge on any atom is 0.182 e. The summed E-state index contributed by atoms with van der Waals surface area (Å²) in [5.74, 6) is 0. The van der Waals surface area contributed by atoms with Crippen LogP contribution in [0.25, 0.3) is 0 Å². The van der Waals surface area contributed by atoms with Gasteiger partial charge in [0.25, 0.3) is 0 Å². The smallest absolute Gasteiger partial charge is 0.182 e. The molecular formula is C4H7N3S. The average molecular weight is 129 g/mol. The zero-order chi connectivity index (χ0) is 5.98. The summed E-state index contributed by atoms with van der Waals surface area (Å²) < 4.78 is 0. The second-order valence-electron chi connectivity index (χ2n) is 1.44. The minimum absolute atomic E-state index is 0.574. The molecule has 4 heteroatoms. The van der Waals surface area contributed by atoms with Crippen molar-refractivity contribution in [1.29, 1.82) is 0 Å². The van der Waals surface area contributed by atoms with Crippen molar-refractivity contribution in [3.8, 4) is 0 Å². The van der Waals surface area contributed by atoms with E-state index in [2.05, 4.69) is 10.5 Å². The van der Waals surface area contributed by atoms with E-state index in [1.54, 1.807) is 6.20 Å². The van der Waals surface area contributed by atoms with E-state index in [0.717, 1.165) is 4.91 Å². The highest BCUT2D eigenvalue weighted by Crippen LogP contribution is 2.14. The highest BCUT2D eigenvalue weighted by molar-refractivity contribution is 8.17. The van der Waals surface area contributed by atoms with Gasteiger partial charge in [0.05, 0.1) is 0 Å². The van der Waals surface area contributed by atoms with E-state index in [1.807, 2.05) is 6.92 Å². The zero-order valence-electron chi connectivity index (χ0n) is 4.51. The summed E-state index contributed by atoms with van der Waals surface area (Å²) in [6.07, 6.45) is 1.81. The van der Waals surface area contributed by atoms with E-state index >= 15 is 0 Å². The van der Waals surface area contributed by atoms with Gasteiger partial charge in [-0.05, 0) is 6.92 Å². The molecule has 44 valence electrons. The Bertz CT molecular complexity index is 133. The van der Waals surface area contributed by atoms with Crippen molar-refractivity contribution >= 4 is 16.9 Å². The Labute approximate surface area is 52.0 Å². The van der Waals surface area contributed by atoms with E-state index in [9.17, 15) is 0 Å². The predicted molar refractivity (Wildman–Crippen MR) is 36.1 cm³/mol. The van der Waals surface area contributed by atoms with Crippen molar-refractivity contribution in [2.24, 2.45) is 10.8 Å². The van der Waals surface area contributed by atoms with Gasteiger partial charge in [-0.2, -0.15) is 5.10 Å². The molecule has 0 aromatic carbocycles. The number of nitrogens with one attached hydrogen (secondary N) is 1. The van der Waals surface area contributed by atoms with Crippen LogP contribution in [0.3, 0.4) is 0 Å². The number of nitrogens with two attached hydrogens (primary N) is 1. The minimum atomic E-state index is 0.574. The monoisotopic (exact) mass is 129 g/mol. The summed E-state index contributed by atoms with van der Waals surface area (Å²) >= 11 is 1.47. The lowest BCUT2D eigenvalue weighted by molar-refractivity contribution is 0.959. The van der Waals surface area contributed by atoms with Crippen LogP contribution in [0, 0.1) is 0 Å². The molecule has 0 aliphatic carbocycles. The van der Waals surface area contributed by atoms with Gasteiger partial charge in [-0.25, -0.2) is 0 Å². The normalized spacial score (nSPS) is 18.6. The average Bonchev–Trinajstić information content (AvgIpc) is 1.64. The maximum absolute atomic E-state index is 5.33. The van der Waals surface area contributed by atoms with Gasteiger partial charge in [-0.15, -0.1) is 0 Å². The number of hydrazone groups is 1. The zero-order valence-corrected chi connectivity index (χ0v) is 5.33. The number of nitrogens with zero attached hydrogens (tertiary/aromatic N) is 1. The molecule has 0 aromatic rings. The number of thioether (sulfide) groups is 1. The van der Waals surface area contributed by atoms with Crippen LogP contribution in [0.4, 0.5) is 0 Å². The standard InChI is InChI=1S/C4H7N3S/c1-3-2-6-7-4(5)8-3/h2,6H,1H3,(H2,5,7). The van der Waals surface area contributed by atoms with Gasteiger partial charge in [-0.1, -0.05) is 11.8 Å². The summed E-state index contributed by atoms with van der Waals surface area (Å²) in [7, 11) is 0. The van der Waals surface area contributed by atoms with Crippen molar-refractivity contribution < 1.29 is 0 Å². The second kappa shape index (κ2) is 2.09. The number of allylic oxidation sites excluding steroid dienone is 1. The van der Waals surface area contributed by atoms with E-state index in [-0.39, 0.29) is 0 Å². The van der Waals surface area contributed by atoms with Crippen LogP contribution in [0.2, 0.25) is 0 Å². The first-order chi connectivity index (χ1) is 3.79. The number of rotatable bonds is 0. The van der Waals surface area contributed by atoms with Crippen LogP contribution >= 0.6 is 11.8 Å². The lowest BCUT2D eigenvalue weighted by Gasteiger charge is -2.05. The Balaban J connectivity index is 2.57. The van der Waals surface area contributed by atoms with E-state index in [0.29, 0.717) is 5.17 Å². The molecule has 0 saturated carbocycles. The van der Waals surface area contributed by atoms with Crippen molar-refractivity contribution in [2.45, 2.75) is 6.92 Å². The first kappa shape index (κ1) is 5.50. The van der Waals surface area contributed by atoms with Crippen LogP contribution in [0.1, 0.15) is 6.92 Å². The molecule has 0 fully saturated rings. The Morgan fingerprint density at radius 3 is 3.00 bits per heavy atom. The molecule has 0 amide bonds. The fraction of sp³-hybridized carbons (Fsp3) is 0.250. The Morgan fingerprint density at radius 2 is 2.62 bits per heavy atom. The van der Waals surface area contributed by atoms with E-state index in [1.165, 1.54) is 11.8 Å². The third-order valence-electron chi connectivity index (χ3n) is 0.708. The molecule has 1 heterocycles. The van der Waals surface area contributed by atoms with Crippen LogP contribution in [-0.2, 0) is 0 Å². The highest BCUT2D eigenvalue weighted by Gasteiger charge is 1.98. The molecular weight excluding hydrogens is 122 g/mol. The van der Waals surface area contributed by atoms with Gasteiger partial charge in [0.15, 0.2) is 5.17 Å². The van der Waals surface area contributed by atoms with Gasteiger partial charge < -0.3 is 5.73 Å². The summed E-state index contributed by atoms with van der Waals surface area (Å²) in [5, 5.41) is 4.29. The fourth-order valence-corrected chi connectivity index (χ4v) is 0.944. The molecule has 0 spiro atoms. The lowest BCUT2D eigenvalue weighted by atomic mass is 10.7. The van der Waals surface area contributed by atoms with Crippen molar-refractivity contribution in [3.63, 3.8) is 0 Å². The third kappa shape index (κ3) is 1.16. The summed E-state index contributed by atoms with van der Waals surface area (Å²) in [6.45, 7) is 1.97. The number of hydrogen-bond acceptors (Lipinski definition) is 4. The van der Waals surface area contributed by atoms with Crippen LogP contribution in [0.5, 0.6) is 0 Å². The molecule has 0 aromatic heterocycles. The molecule has 1 rings (SSSR count). The third-order valence-corrected chi connectivity index (χ3v) is 1.45. The maximum atomic E-state index is 5.33. The highest BCUT2D eigenvalue weighted by atomic mass is 32.2. The van der Waals surface area contributed by atoms with Crippen molar-refractivity contribution in [2.75, 3.05) is 0 Å². The Morgan fingerprint density at radius 1 is 1.88 bits per heavy atom. The van der Waals surface area contributed by atoms with Crippen LogP contribution in [-0.4, -0.2) is 5.17 Å². The molecule has 8 heavy (non-hydrogen) atoms. The van der Waals surface area contributed by atoms with Gasteiger partial charge in [-0.3, -0.25) is 5.43 Å². The predicted octanol–water partition coefficient (Wildman–Crippen LogP) is 0.414. The van der Waals surface area contributed by atoms with Gasteiger partial charge >= 0.3 is 0 Å². The topological polar surface area (TPSA) is 50.4 Å². The Hall–Kier alpha value is -0.640. The molecule has 0 atom stereocenters. The lowest BCUT2D eigenvalue weighted by Crippen LogP contribution is -2.14. The summed E-state index contributed by atoms with van der Waals surface area (Å²) in [4.78, 5) is 1.14. The summed E-state index contributed by atoms with van der Waals surface area (Å²) in [6, 6.07) is 0. The quantitative estimate of drug-likeness (QED) is 0.498. The van der Waals surface area contributed by atoms with Gasteiger partial charge in [0.2, 0.25) is 0 Å². The summed E-state index contributed by atoms with van der Waals surface area (Å²) in [5.41, 5.74) is 8.00. The van der Waals surface area contributed by atoms with Crippen molar-refractivity contribution in [3.05, 3.63) is 11.1 Å². The molecule has 3 N–H and O–H groups in total. The SMILES string of the molecule is CC1=CNN=C(N)S1. The van der Waals surface area contributed by atoms with Gasteiger partial charge in [0.1, 0.15) is 0 Å². The first-order valence-electron chi connectivity index (χ1n) is 2.22. The number of amidine groups is 1. The molecule has 1 aliphatic heterocycles. The molecule has 0 unspecified atom stereocenters.